The summed E-state index contributed by atoms with van der Waals surface area (Å²) in [4.78, 5) is 25.9. The largest absolute Gasteiger partial charge is 0.450 e. The molecule has 0 unspecified atom stereocenters. The number of sulfone groups is 1. The molecule has 154 valence electrons. The van der Waals surface area contributed by atoms with Gasteiger partial charge in [-0.15, -0.1) is 0 Å². The van der Waals surface area contributed by atoms with E-state index in [-0.39, 0.29) is 33.1 Å². The lowest BCUT2D eigenvalue weighted by atomic mass is 9.88. The molecule has 0 fully saturated rings. The summed E-state index contributed by atoms with van der Waals surface area (Å²) in [5.41, 5.74) is -0.0447. The highest BCUT2D eigenvalue weighted by Crippen LogP contribution is 2.43. The molecular formula is C22H18O7S. The van der Waals surface area contributed by atoms with Crippen molar-refractivity contribution in [1.82, 2.24) is 0 Å². The van der Waals surface area contributed by atoms with Crippen LogP contribution in [0.5, 0.6) is 0 Å². The maximum absolute atomic E-state index is 13.6. The molecule has 1 aliphatic rings. The normalized spacial score (nSPS) is 13.8. The van der Waals surface area contributed by atoms with Gasteiger partial charge in [-0.1, -0.05) is 42.5 Å². The van der Waals surface area contributed by atoms with Gasteiger partial charge in [0, 0.05) is 25.3 Å². The lowest BCUT2D eigenvalue weighted by molar-refractivity contribution is -0.214. The van der Waals surface area contributed by atoms with Crippen molar-refractivity contribution in [3.05, 3.63) is 82.8 Å². The quantitative estimate of drug-likeness (QED) is 0.451. The molecule has 0 saturated heterocycles. The fraction of sp³-hybridized carbons (Fsp3) is 0.182. The topological polar surface area (TPSA) is 99.9 Å². The van der Waals surface area contributed by atoms with Crippen LogP contribution < -0.4 is 0 Å². The van der Waals surface area contributed by atoms with E-state index in [0.29, 0.717) is 0 Å². The van der Waals surface area contributed by atoms with Crippen molar-refractivity contribution in [1.29, 1.82) is 0 Å². The molecule has 1 aliphatic carbocycles. The first-order valence-corrected chi connectivity index (χ1v) is 10.5. The Hall–Kier alpha value is -3.07. The van der Waals surface area contributed by atoms with Crippen LogP contribution in [0.4, 0.5) is 0 Å². The number of furan rings is 1. The summed E-state index contributed by atoms with van der Waals surface area (Å²) in [6, 6.07) is 13.8. The number of carbonyl (C=O) groups excluding carboxylic acids is 2. The zero-order chi connectivity index (χ0) is 21.7. The minimum atomic E-state index is -4.26. The Morgan fingerprint density at radius 3 is 1.93 bits per heavy atom. The van der Waals surface area contributed by atoms with Crippen molar-refractivity contribution in [3.8, 4) is 0 Å². The van der Waals surface area contributed by atoms with Gasteiger partial charge in [-0.05, 0) is 19.1 Å². The highest BCUT2D eigenvalue weighted by Gasteiger charge is 2.47. The fourth-order valence-corrected chi connectivity index (χ4v) is 5.14. The minimum absolute atomic E-state index is 0.0523. The molecule has 0 N–H and O–H groups in total. The molecule has 0 atom stereocenters. The maximum atomic E-state index is 13.6. The van der Waals surface area contributed by atoms with Crippen molar-refractivity contribution in [2.75, 3.05) is 14.2 Å². The van der Waals surface area contributed by atoms with Crippen LogP contribution in [0.1, 0.15) is 44.7 Å². The van der Waals surface area contributed by atoms with Crippen molar-refractivity contribution in [3.63, 3.8) is 0 Å². The first-order chi connectivity index (χ1) is 14.3. The zero-order valence-electron chi connectivity index (χ0n) is 16.5. The molecule has 0 bridgehead atoms. The van der Waals surface area contributed by atoms with E-state index >= 15 is 0 Å². The number of fused-ring (bicyclic) bond motifs is 2. The van der Waals surface area contributed by atoms with Crippen LogP contribution in [-0.4, -0.2) is 34.2 Å². The number of hydrogen-bond donors (Lipinski definition) is 0. The molecule has 0 spiro atoms. The molecule has 30 heavy (non-hydrogen) atoms. The van der Waals surface area contributed by atoms with Gasteiger partial charge >= 0.3 is 0 Å². The highest BCUT2D eigenvalue weighted by atomic mass is 32.2. The van der Waals surface area contributed by atoms with Crippen LogP contribution in [0, 0.1) is 0 Å². The minimum Gasteiger partial charge on any atom is -0.450 e. The van der Waals surface area contributed by atoms with Gasteiger partial charge in [0.25, 0.3) is 0 Å². The number of rotatable bonds is 5. The monoisotopic (exact) mass is 426 g/mol. The van der Waals surface area contributed by atoms with Crippen LogP contribution in [0.2, 0.25) is 0 Å². The number of methoxy groups -OCH3 is 2. The molecule has 0 aliphatic heterocycles. The Labute approximate surface area is 173 Å². The first-order valence-electron chi connectivity index (χ1n) is 9.02. The number of ketones is 2. The average molecular weight is 426 g/mol. The van der Waals surface area contributed by atoms with E-state index in [1.165, 1.54) is 45.4 Å². The molecule has 0 radical (unpaired) electrons. The lowest BCUT2D eigenvalue weighted by Crippen LogP contribution is -2.28. The van der Waals surface area contributed by atoms with Crippen LogP contribution in [0.25, 0.3) is 0 Å². The summed E-state index contributed by atoms with van der Waals surface area (Å²) < 4.78 is 43.7. The van der Waals surface area contributed by atoms with E-state index in [0.717, 1.165) is 0 Å². The molecule has 8 heteroatoms. The van der Waals surface area contributed by atoms with Gasteiger partial charge in [0.1, 0.15) is 4.90 Å². The van der Waals surface area contributed by atoms with Crippen molar-refractivity contribution < 1.29 is 31.9 Å². The third-order valence-corrected chi connectivity index (χ3v) is 7.05. The summed E-state index contributed by atoms with van der Waals surface area (Å²) in [5, 5.41) is 0. The summed E-state index contributed by atoms with van der Waals surface area (Å²) in [5.74, 6) is -3.45. The molecule has 1 heterocycles. The SMILES string of the molecule is COC(C)(OC)c1oc2c(c1S(=O)(=O)c1ccccc1)C(=O)c1ccccc1C2=O. The Bertz CT molecular complexity index is 1270. The molecule has 2 aromatic carbocycles. The predicted octanol–water partition coefficient (Wildman–Crippen LogP) is 3.35. The van der Waals surface area contributed by atoms with Crippen LogP contribution in [0.15, 0.2) is 68.8 Å². The molecule has 7 nitrogen and oxygen atoms in total. The van der Waals surface area contributed by atoms with E-state index in [1.54, 1.807) is 30.3 Å². The Morgan fingerprint density at radius 1 is 0.833 bits per heavy atom. The number of carbonyl (C=O) groups is 2. The molecule has 3 aromatic rings. The standard InChI is InChI=1S/C22H18O7S/c1-22(27-2,28-3)21-20(30(25,26)13-9-5-4-6-10-13)16-17(23)14-11-7-8-12-15(14)18(24)19(16)29-21/h4-12H,1-3H3. The predicted molar refractivity (Wildman–Crippen MR) is 105 cm³/mol. The third-order valence-electron chi connectivity index (χ3n) is 5.23. The van der Waals surface area contributed by atoms with E-state index in [4.69, 9.17) is 13.9 Å². The van der Waals surface area contributed by atoms with E-state index in [2.05, 4.69) is 0 Å². The highest BCUT2D eigenvalue weighted by molar-refractivity contribution is 7.91. The maximum Gasteiger partial charge on any atom is 0.229 e. The number of ether oxygens (including phenoxy) is 2. The van der Waals surface area contributed by atoms with Gasteiger partial charge < -0.3 is 13.9 Å². The van der Waals surface area contributed by atoms with Gasteiger partial charge in [0.2, 0.25) is 21.4 Å². The summed E-state index contributed by atoms with van der Waals surface area (Å²) in [7, 11) is -1.64. The molecule has 0 amide bonds. The second-order valence-electron chi connectivity index (χ2n) is 6.84. The summed E-state index contributed by atoms with van der Waals surface area (Å²) in [6.45, 7) is 1.45. The summed E-state index contributed by atoms with van der Waals surface area (Å²) >= 11 is 0. The number of benzene rings is 2. The lowest BCUT2D eigenvalue weighted by Gasteiger charge is -2.25. The molecule has 1 aromatic heterocycles. The van der Waals surface area contributed by atoms with Crippen LogP contribution in [-0.2, 0) is 25.1 Å². The summed E-state index contributed by atoms with van der Waals surface area (Å²) in [6.07, 6.45) is 0. The molecular weight excluding hydrogens is 408 g/mol. The number of hydrogen-bond acceptors (Lipinski definition) is 7. The van der Waals surface area contributed by atoms with Crippen molar-refractivity contribution >= 4 is 21.4 Å². The Morgan fingerprint density at radius 2 is 1.37 bits per heavy atom. The van der Waals surface area contributed by atoms with Crippen LogP contribution >= 0.6 is 0 Å². The van der Waals surface area contributed by atoms with Gasteiger partial charge in [-0.3, -0.25) is 9.59 Å². The van der Waals surface area contributed by atoms with E-state index in [9.17, 15) is 18.0 Å². The smallest absolute Gasteiger partial charge is 0.229 e. The average Bonchev–Trinajstić information content (AvgIpc) is 3.20. The van der Waals surface area contributed by atoms with E-state index < -0.39 is 32.1 Å². The zero-order valence-corrected chi connectivity index (χ0v) is 17.3. The second-order valence-corrected chi connectivity index (χ2v) is 8.73. The fourth-order valence-electron chi connectivity index (χ4n) is 3.46. The third kappa shape index (κ3) is 2.76. The van der Waals surface area contributed by atoms with Crippen LogP contribution in [0.3, 0.4) is 0 Å². The van der Waals surface area contributed by atoms with Crippen molar-refractivity contribution in [2.24, 2.45) is 0 Å². The van der Waals surface area contributed by atoms with Gasteiger partial charge in [0.05, 0.1) is 10.5 Å². The second kappa shape index (κ2) is 7.02. The Kier molecular flexibility index (Phi) is 4.73. The first kappa shape index (κ1) is 20.2. The Balaban J connectivity index is 2.11. The van der Waals surface area contributed by atoms with Gasteiger partial charge in [-0.25, -0.2) is 8.42 Å². The van der Waals surface area contributed by atoms with Gasteiger partial charge in [0.15, 0.2) is 17.3 Å². The van der Waals surface area contributed by atoms with Gasteiger partial charge in [-0.2, -0.15) is 0 Å². The molecule has 0 saturated carbocycles. The van der Waals surface area contributed by atoms with E-state index in [1.807, 2.05) is 0 Å². The molecule has 4 rings (SSSR count). The van der Waals surface area contributed by atoms with Crippen molar-refractivity contribution in [2.45, 2.75) is 22.5 Å².